The van der Waals surface area contributed by atoms with Crippen molar-refractivity contribution in [2.45, 2.75) is 0 Å². The minimum absolute atomic E-state index is 1.18. The SMILES string of the molecule is c1ccc(-c2ccc(-c3ccc4c(c3)c3ccccc3n4-c3ccccc3-c3ccccc3-c3cccc4c3sc3ccccc34)cc2)cc1.c1ccc(-c2cccc3c2sc2ccccc23)c(-c2ccccc2-n2c3ccccc3c3cc(-c4ccc5ccccc5c4)ccc32)c1.c1ccc(-c2cccc3c2sc2ccccc23)c(-c2ccccc2-n2c3ccccc3c3cc(-c4cccc5ccccc45)ccc32)c1. The molecule has 146 heavy (non-hydrogen) atoms. The van der Waals surface area contributed by atoms with E-state index in [0.29, 0.717) is 0 Å². The highest BCUT2D eigenvalue weighted by atomic mass is 32.1. The van der Waals surface area contributed by atoms with Gasteiger partial charge in [-0.1, -0.05) is 443 Å². The predicted octanol–water partition coefficient (Wildman–Crippen LogP) is 40.4. The molecule has 3 nitrogen and oxygen atoms in total. The van der Waals surface area contributed by atoms with Crippen molar-refractivity contribution < 1.29 is 0 Å². The average molecular weight is 1910 g/mol. The highest BCUT2D eigenvalue weighted by Gasteiger charge is 2.26. The number of benzene rings is 24. The molecule has 30 rings (SSSR count). The average Bonchev–Trinajstić information content (AvgIpc) is 1.58. The lowest BCUT2D eigenvalue weighted by molar-refractivity contribution is 1.18. The van der Waals surface area contributed by atoms with E-state index in [1.165, 1.54) is 276 Å². The molecule has 30 aromatic rings. The molecule has 0 radical (unpaired) electrons. The number of hydrogen-bond acceptors (Lipinski definition) is 3. The molecule has 682 valence electrons. The van der Waals surface area contributed by atoms with Crippen molar-refractivity contribution in [1.29, 1.82) is 0 Å². The van der Waals surface area contributed by atoms with Gasteiger partial charge in [-0.05, 0) is 196 Å². The van der Waals surface area contributed by atoms with Crippen LogP contribution in [0.15, 0.2) is 540 Å². The number of thiophene rings is 3. The smallest absolute Gasteiger partial charge is 0.0541 e. The van der Waals surface area contributed by atoms with Crippen LogP contribution in [-0.4, -0.2) is 13.7 Å². The van der Waals surface area contributed by atoms with E-state index in [2.05, 4.69) is 554 Å². The van der Waals surface area contributed by atoms with Gasteiger partial charge in [0.05, 0.1) is 50.2 Å². The third-order valence-electron chi connectivity index (χ3n) is 29.7. The lowest BCUT2D eigenvalue weighted by atomic mass is 9.92. The molecule has 0 unspecified atom stereocenters. The van der Waals surface area contributed by atoms with E-state index in [1.807, 2.05) is 34.0 Å². The second kappa shape index (κ2) is 36.1. The third-order valence-corrected chi connectivity index (χ3v) is 33.4. The van der Waals surface area contributed by atoms with Gasteiger partial charge < -0.3 is 13.7 Å². The summed E-state index contributed by atoms with van der Waals surface area (Å²) in [5, 5.41) is 20.5. The normalized spacial score (nSPS) is 11.7. The highest BCUT2D eigenvalue weighted by molar-refractivity contribution is 7.27. The summed E-state index contributed by atoms with van der Waals surface area (Å²) in [5.41, 5.74) is 35.5. The maximum atomic E-state index is 2.46. The topological polar surface area (TPSA) is 14.8 Å². The first-order chi connectivity index (χ1) is 72.5. The summed E-state index contributed by atoms with van der Waals surface area (Å²) in [7, 11) is 0. The molecule has 0 aliphatic carbocycles. The summed E-state index contributed by atoms with van der Waals surface area (Å²) < 4.78 is 15.4. The van der Waals surface area contributed by atoms with Gasteiger partial charge in [-0.25, -0.2) is 0 Å². The highest BCUT2D eigenvalue weighted by Crippen LogP contribution is 2.52. The fourth-order valence-corrected chi connectivity index (χ4v) is 26.7. The maximum Gasteiger partial charge on any atom is 0.0541 e. The second-order valence-electron chi connectivity index (χ2n) is 37.8. The van der Waals surface area contributed by atoms with Crippen LogP contribution < -0.4 is 0 Å². The Kier molecular flexibility index (Phi) is 21.2. The Hall–Kier alpha value is -18.1. The molecule has 24 aromatic carbocycles. The van der Waals surface area contributed by atoms with E-state index in [-0.39, 0.29) is 0 Å². The molecule has 0 fully saturated rings. The van der Waals surface area contributed by atoms with Gasteiger partial charge in [0.1, 0.15) is 0 Å². The van der Waals surface area contributed by atoms with E-state index < -0.39 is 0 Å². The van der Waals surface area contributed by atoms with Gasteiger partial charge in [-0.15, -0.1) is 34.0 Å². The fraction of sp³-hybridized carbons (Fsp3) is 0. The number of hydrogen-bond donors (Lipinski definition) is 0. The van der Waals surface area contributed by atoms with Crippen molar-refractivity contribution in [2.75, 3.05) is 0 Å². The largest absolute Gasteiger partial charge is 0.309 e. The Labute approximate surface area is 856 Å². The van der Waals surface area contributed by atoms with E-state index in [9.17, 15) is 0 Å². The summed E-state index contributed by atoms with van der Waals surface area (Å²) in [6, 6.07) is 197. The zero-order valence-electron chi connectivity index (χ0n) is 79.5. The van der Waals surface area contributed by atoms with Crippen LogP contribution >= 0.6 is 34.0 Å². The standard InChI is InChI=1S/C48H31NS.2C46H29NS/c1-2-13-32(14-3-1)33-25-27-34(28-26-33)35-29-30-46-43(31-35)39-18-7-10-23-45(39)49(46)44-22-9-6-17-38(44)36-15-4-5-16-37(36)41-20-12-21-42-40-19-8-11-24-47(40)50-48(41)42;1-2-15-32-30(13-1)14-11-21-33(32)31-27-28-44-41(29-31)37-19-6-9-25-43(37)47(44)42-24-8-5-18-36(42)34-16-3-4-17-35(34)39-22-12-23-40-38-20-7-10-26-45(38)48-46(39)40;1-2-13-31-28-32(25-24-30(31)12-1)33-26-27-44-41(29-33)37-17-6-9-22-43(37)47(44)42-21-8-5-16-36(42)34-14-3-4-15-35(34)39-19-11-20-40-38-18-7-10-23-45(38)48-46(39)40/h1-31H;2*1-29H. The van der Waals surface area contributed by atoms with Crippen molar-refractivity contribution >= 4 is 181 Å². The molecule has 0 saturated heterocycles. The number of rotatable bonds is 13. The Balaban J connectivity index is 0.000000106. The van der Waals surface area contributed by atoms with E-state index >= 15 is 0 Å². The zero-order valence-corrected chi connectivity index (χ0v) is 81.9. The van der Waals surface area contributed by atoms with Gasteiger partial charge in [0.15, 0.2) is 0 Å². The number of fused-ring (bicyclic) bond motifs is 20. The first kappa shape index (κ1) is 85.8. The number of nitrogens with zero attached hydrogens (tertiary/aromatic N) is 3. The summed E-state index contributed by atoms with van der Waals surface area (Å²) in [6.45, 7) is 0. The second-order valence-corrected chi connectivity index (χ2v) is 41.0. The summed E-state index contributed by atoms with van der Waals surface area (Å²) in [5.74, 6) is 0. The van der Waals surface area contributed by atoms with Gasteiger partial charge in [-0.2, -0.15) is 0 Å². The van der Waals surface area contributed by atoms with Gasteiger partial charge in [0.25, 0.3) is 0 Å². The van der Waals surface area contributed by atoms with Crippen LogP contribution in [0.2, 0.25) is 0 Å². The van der Waals surface area contributed by atoms with Crippen LogP contribution in [-0.2, 0) is 0 Å². The first-order valence-corrected chi connectivity index (χ1v) is 52.4. The van der Waals surface area contributed by atoms with Crippen LogP contribution in [0.4, 0.5) is 0 Å². The molecular formula is C140H89N3S3. The first-order valence-electron chi connectivity index (χ1n) is 50.0. The van der Waals surface area contributed by atoms with Gasteiger partial charge in [0.2, 0.25) is 0 Å². The van der Waals surface area contributed by atoms with Crippen LogP contribution in [0.1, 0.15) is 0 Å². The molecule has 6 aromatic heterocycles. The molecule has 0 amide bonds. The molecular weight excluding hydrogens is 1820 g/mol. The number of para-hydroxylation sites is 6. The molecule has 0 aliphatic rings. The van der Waals surface area contributed by atoms with E-state index in [1.54, 1.807) is 0 Å². The summed E-state index contributed by atoms with van der Waals surface area (Å²) in [4.78, 5) is 0. The van der Waals surface area contributed by atoms with Gasteiger partial charge >= 0.3 is 0 Å². The van der Waals surface area contributed by atoms with Crippen molar-refractivity contribution in [3.8, 4) is 128 Å². The summed E-state index contributed by atoms with van der Waals surface area (Å²) in [6.07, 6.45) is 0. The van der Waals surface area contributed by atoms with Crippen LogP contribution in [0.5, 0.6) is 0 Å². The van der Waals surface area contributed by atoms with Crippen molar-refractivity contribution in [2.24, 2.45) is 0 Å². The van der Waals surface area contributed by atoms with Crippen LogP contribution in [0, 0.1) is 0 Å². The van der Waals surface area contributed by atoms with E-state index in [4.69, 9.17) is 0 Å². The Morgan fingerprint density at radius 1 is 0.116 bits per heavy atom. The molecule has 0 bridgehead atoms. The van der Waals surface area contributed by atoms with Crippen molar-refractivity contribution in [3.63, 3.8) is 0 Å². The Morgan fingerprint density at radius 3 is 0.788 bits per heavy atom. The van der Waals surface area contributed by atoms with Crippen molar-refractivity contribution in [3.05, 3.63) is 540 Å². The lowest BCUT2D eigenvalue weighted by Crippen LogP contribution is -1.98. The van der Waals surface area contributed by atoms with Crippen molar-refractivity contribution in [1.82, 2.24) is 13.7 Å². The van der Waals surface area contributed by atoms with E-state index in [0.717, 1.165) is 0 Å². The molecule has 0 atom stereocenters. The minimum atomic E-state index is 1.18. The molecule has 0 saturated carbocycles. The Morgan fingerprint density at radius 2 is 0.363 bits per heavy atom. The fourth-order valence-electron chi connectivity index (χ4n) is 23.0. The predicted molar refractivity (Wildman–Crippen MR) is 630 cm³/mol. The maximum absolute atomic E-state index is 2.46. The number of aromatic nitrogens is 3. The molecule has 6 heterocycles. The molecule has 0 spiro atoms. The van der Waals surface area contributed by atoms with Gasteiger partial charge in [0, 0.05) is 126 Å². The van der Waals surface area contributed by atoms with Crippen LogP contribution in [0.25, 0.3) is 276 Å². The monoisotopic (exact) mass is 1910 g/mol. The minimum Gasteiger partial charge on any atom is -0.309 e. The quantitative estimate of drug-likeness (QED) is 0.109. The molecule has 6 heteroatoms. The van der Waals surface area contributed by atoms with Gasteiger partial charge in [-0.3, -0.25) is 0 Å². The Bertz CT molecular complexity index is 10400. The molecule has 0 aliphatic heterocycles. The third kappa shape index (κ3) is 14.7. The summed E-state index contributed by atoms with van der Waals surface area (Å²) >= 11 is 5.66. The zero-order chi connectivity index (χ0) is 96.2. The molecule has 0 N–H and O–H groups in total. The van der Waals surface area contributed by atoms with Crippen LogP contribution in [0.3, 0.4) is 0 Å². The lowest BCUT2D eigenvalue weighted by Gasteiger charge is -2.17.